The number of aromatic nitrogens is 2. The van der Waals surface area contributed by atoms with Gasteiger partial charge in [-0.15, -0.1) is 0 Å². The standard InChI is InChI=1S/C26H23ClFN3O4/c27-20-3-1-2-17(13-28)22(20)25(33)31-21-12-16(24(32)29-18-9-10-18)8-11-19(21)23(30-31)14-4-6-15(7-5-14)26(34)35/h1-4,8,11-12,15,18H,5-7,9-10,13H2,(H,29,32)(H,34,35). The maximum atomic E-state index is 13.7. The summed E-state index contributed by atoms with van der Waals surface area (Å²) in [6, 6.07) is 9.80. The fourth-order valence-electron chi connectivity index (χ4n) is 4.44. The van der Waals surface area contributed by atoms with Gasteiger partial charge in [0, 0.05) is 17.0 Å². The van der Waals surface area contributed by atoms with Crippen LogP contribution in [0.25, 0.3) is 16.5 Å². The number of hydrogen-bond donors (Lipinski definition) is 2. The van der Waals surface area contributed by atoms with Gasteiger partial charge in [-0.25, -0.2) is 4.39 Å². The zero-order valence-electron chi connectivity index (χ0n) is 18.8. The van der Waals surface area contributed by atoms with Gasteiger partial charge in [0.1, 0.15) is 6.67 Å². The lowest BCUT2D eigenvalue weighted by Crippen LogP contribution is -2.25. The van der Waals surface area contributed by atoms with Crippen molar-refractivity contribution in [2.24, 2.45) is 5.92 Å². The first-order valence-corrected chi connectivity index (χ1v) is 11.9. The molecule has 1 heterocycles. The molecular weight excluding hydrogens is 473 g/mol. The van der Waals surface area contributed by atoms with Gasteiger partial charge in [-0.2, -0.15) is 9.78 Å². The third-order valence-electron chi connectivity index (χ3n) is 6.57. The van der Waals surface area contributed by atoms with Crippen LogP contribution in [0.2, 0.25) is 5.02 Å². The van der Waals surface area contributed by atoms with Crippen molar-refractivity contribution in [3.63, 3.8) is 0 Å². The van der Waals surface area contributed by atoms with E-state index in [0.717, 1.165) is 18.4 Å². The van der Waals surface area contributed by atoms with E-state index < -0.39 is 24.5 Å². The second-order valence-corrected chi connectivity index (χ2v) is 9.40. The summed E-state index contributed by atoms with van der Waals surface area (Å²) in [4.78, 5) is 37.7. The van der Waals surface area contributed by atoms with Gasteiger partial charge in [-0.05, 0) is 67.5 Å². The number of amides is 1. The number of nitrogens with one attached hydrogen (secondary N) is 1. The van der Waals surface area contributed by atoms with E-state index in [4.69, 9.17) is 11.6 Å². The molecule has 1 amide bonds. The van der Waals surface area contributed by atoms with Gasteiger partial charge < -0.3 is 10.4 Å². The number of carbonyl (C=O) groups excluding carboxylic acids is 2. The molecule has 1 atom stereocenters. The third-order valence-corrected chi connectivity index (χ3v) is 6.89. The highest BCUT2D eigenvalue weighted by atomic mass is 35.5. The minimum absolute atomic E-state index is 0.0176. The zero-order valence-corrected chi connectivity index (χ0v) is 19.5. The maximum Gasteiger partial charge on any atom is 0.306 e. The van der Waals surface area contributed by atoms with E-state index in [1.54, 1.807) is 24.3 Å². The van der Waals surface area contributed by atoms with Crippen molar-refractivity contribution < 1.29 is 23.9 Å². The molecule has 2 aliphatic carbocycles. The Balaban J connectivity index is 1.63. The van der Waals surface area contributed by atoms with Crippen molar-refractivity contribution in [1.82, 2.24) is 15.1 Å². The van der Waals surface area contributed by atoms with Crippen molar-refractivity contribution in [2.75, 3.05) is 0 Å². The van der Waals surface area contributed by atoms with Gasteiger partial charge >= 0.3 is 5.97 Å². The molecule has 0 radical (unpaired) electrons. The van der Waals surface area contributed by atoms with Crippen molar-refractivity contribution in [3.8, 4) is 0 Å². The molecule has 2 N–H and O–H groups in total. The van der Waals surface area contributed by atoms with Crippen molar-refractivity contribution >= 4 is 45.9 Å². The van der Waals surface area contributed by atoms with Gasteiger partial charge in [0.25, 0.3) is 11.8 Å². The SMILES string of the molecule is O=C(NC1CC1)c1ccc2c(C3=CCC(C(=O)O)CC3)nn(C(=O)c3c(Cl)cccc3CF)c2c1. The number of aliphatic carboxylic acids is 1. The number of allylic oxidation sites excluding steroid dienone is 2. The van der Waals surface area contributed by atoms with E-state index in [-0.39, 0.29) is 28.1 Å². The predicted octanol–water partition coefficient (Wildman–Crippen LogP) is 5.01. The molecule has 0 aliphatic heterocycles. The molecule has 180 valence electrons. The van der Waals surface area contributed by atoms with Crippen molar-refractivity contribution in [2.45, 2.75) is 44.8 Å². The number of rotatable bonds is 6. The van der Waals surface area contributed by atoms with Gasteiger partial charge in [-0.1, -0.05) is 29.8 Å². The molecule has 7 nitrogen and oxygen atoms in total. The highest BCUT2D eigenvalue weighted by molar-refractivity contribution is 6.34. The van der Waals surface area contributed by atoms with Gasteiger partial charge in [-0.3, -0.25) is 14.4 Å². The van der Waals surface area contributed by atoms with Crippen LogP contribution >= 0.6 is 11.6 Å². The lowest BCUT2D eigenvalue weighted by Gasteiger charge is -2.17. The average Bonchev–Trinajstić information content (AvgIpc) is 3.60. The molecule has 1 fully saturated rings. The maximum absolute atomic E-state index is 13.7. The number of nitrogens with zero attached hydrogens (tertiary/aromatic N) is 2. The molecule has 1 unspecified atom stereocenters. The molecule has 1 saturated carbocycles. The number of carboxylic acid groups (broad SMARTS) is 1. The summed E-state index contributed by atoms with van der Waals surface area (Å²) in [6.45, 7) is -0.871. The minimum atomic E-state index is -0.871. The van der Waals surface area contributed by atoms with Gasteiger partial charge in [0.2, 0.25) is 0 Å². The second kappa shape index (κ2) is 9.26. The van der Waals surface area contributed by atoms with Crippen LogP contribution in [0.1, 0.15) is 64.1 Å². The van der Waals surface area contributed by atoms with Crippen LogP contribution in [-0.4, -0.2) is 38.7 Å². The van der Waals surface area contributed by atoms with Crippen LogP contribution < -0.4 is 5.32 Å². The fraction of sp³-hybridized carbons (Fsp3) is 0.308. The quantitative estimate of drug-likeness (QED) is 0.500. The normalized spacial score (nSPS) is 17.8. The summed E-state index contributed by atoms with van der Waals surface area (Å²) in [5.74, 6) is -2.13. The minimum Gasteiger partial charge on any atom is -0.481 e. The number of carbonyl (C=O) groups is 3. The summed E-state index contributed by atoms with van der Waals surface area (Å²) < 4.78 is 14.9. The molecule has 5 rings (SSSR count). The highest BCUT2D eigenvalue weighted by Gasteiger charge is 2.28. The van der Waals surface area contributed by atoms with E-state index in [2.05, 4.69) is 10.4 Å². The third kappa shape index (κ3) is 4.46. The lowest BCUT2D eigenvalue weighted by atomic mass is 9.87. The van der Waals surface area contributed by atoms with Crippen molar-refractivity contribution in [3.05, 3.63) is 69.9 Å². The number of fused-ring (bicyclic) bond motifs is 1. The van der Waals surface area contributed by atoms with E-state index >= 15 is 0 Å². The molecule has 2 aromatic carbocycles. The number of halogens is 2. The van der Waals surface area contributed by atoms with Crippen molar-refractivity contribution in [1.29, 1.82) is 0 Å². The van der Waals surface area contributed by atoms with Gasteiger partial charge in [0.05, 0.1) is 27.7 Å². The van der Waals surface area contributed by atoms with Gasteiger partial charge in [0.15, 0.2) is 0 Å². The molecule has 3 aromatic rings. The van der Waals surface area contributed by atoms with E-state index in [1.807, 2.05) is 6.08 Å². The molecular formula is C26H23ClFN3O4. The molecule has 35 heavy (non-hydrogen) atoms. The zero-order chi connectivity index (χ0) is 24.7. The van der Waals surface area contributed by atoms with E-state index in [1.165, 1.54) is 16.8 Å². The smallest absolute Gasteiger partial charge is 0.306 e. The fourth-order valence-corrected chi connectivity index (χ4v) is 4.72. The molecule has 0 spiro atoms. The summed E-state index contributed by atoms with van der Waals surface area (Å²) in [6.07, 6.45) is 5.04. The Kier molecular flexibility index (Phi) is 6.15. The lowest BCUT2D eigenvalue weighted by molar-refractivity contribution is -0.141. The summed E-state index contributed by atoms with van der Waals surface area (Å²) in [5, 5.41) is 17.6. The largest absolute Gasteiger partial charge is 0.481 e. The van der Waals surface area contributed by atoms with Crippen LogP contribution in [0.5, 0.6) is 0 Å². The Labute approximate surface area is 205 Å². The highest BCUT2D eigenvalue weighted by Crippen LogP contribution is 2.35. The molecule has 1 aromatic heterocycles. The van der Waals surface area contributed by atoms with Crippen LogP contribution in [0.3, 0.4) is 0 Å². The van der Waals surface area contributed by atoms with Crippen LogP contribution in [0.4, 0.5) is 4.39 Å². The average molecular weight is 496 g/mol. The Morgan fingerprint density at radius 2 is 1.97 bits per heavy atom. The summed E-state index contributed by atoms with van der Waals surface area (Å²) >= 11 is 6.29. The topological polar surface area (TPSA) is 101 Å². The second-order valence-electron chi connectivity index (χ2n) is 8.99. The monoisotopic (exact) mass is 495 g/mol. The Morgan fingerprint density at radius 3 is 2.63 bits per heavy atom. The Bertz CT molecular complexity index is 1390. The molecule has 0 saturated heterocycles. The number of hydrogen-bond acceptors (Lipinski definition) is 4. The van der Waals surface area contributed by atoms with Crippen LogP contribution in [-0.2, 0) is 11.5 Å². The summed E-state index contributed by atoms with van der Waals surface area (Å²) in [7, 11) is 0. The predicted molar refractivity (Wildman–Crippen MR) is 129 cm³/mol. The first-order chi connectivity index (χ1) is 16.9. The first-order valence-electron chi connectivity index (χ1n) is 11.5. The molecule has 2 aliphatic rings. The van der Waals surface area contributed by atoms with Crippen LogP contribution in [0, 0.1) is 5.92 Å². The molecule has 9 heteroatoms. The summed E-state index contributed by atoms with van der Waals surface area (Å²) in [5.41, 5.74) is 2.33. The van der Waals surface area contributed by atoms with E-state index in [9.17, 15) is 23.9 Å². The first kappa shape index (κ1) is 23.2. The van der Waals surface area contributed by atoms with Crippen LogP contribution in [0.15, 0.2) is 42.5 Å². The number of carboxylic acids is 1. The Morgan fingerprint density at radius 1 is 1.17 bits per heavy atom. The van der Waals surface area contributed by atoms with E-state index in [0.29, 0.717) is 41.4 Å². The Hall–Kier alpha value is -3.52. The molecule has 0 bridgehead atoms. The number of alkyl halides is 1. The number of benzene rings is 2.